The molecule has 0 spiro atoms. The molecule has 0 amide bonds. The highest BCUT2D eigenvalue weighted by Gasteiger charge is 2.20. The normalized spacial score (nSPS) is 26.5. The van der Waals surface area contributed by atoms with E-state index in [1.165, 1.54) is 25.8 Å². The van der Waals surface area contributed by atoms with Gasteiger partial charge in [-0.15, -0.1) is 0 Å². The van der Waals surface area contributed by atoms with Gasteiger partial charge in [0.2, 0.25) is 0 Å². The average Bonchev–Trinajstić information content (AvgIpc) is 2.28. The van der Waals surface area contributed by atoms with Gasteiger partial charge < -0.3 is 15.8 Å². The van der Waals surface area contributed by atoms with Gasteiger partial charge in [0.25, 0.3) is 0 Å². The molecular formula is C11H23N3O. The third-order valence-electron chi connectivity index (χ3n) is 3.33. The molecule has 1 fully saturated rings. The number of likely N-dealkylation sites (tertiary alicyclic amines) is 1. The topological polar surface area (TPSA) is 61.8 Å². The van der Waals surface area contributed by atoms with Crippen LogP contribution < -0.4 is 5.73 Å². The average molecular weight is 213 g/mol. The molecule has 15 heavy (non-hydrogen) atoms. The highest BCUT2D eigenvalue weighted by molar-refractivity contribution is 5.82. The lowest BCUT2D eigenvalue weighted by molar-refractivity contribution is 0.162. The number of hydrogen-bond donors (Lipinski definition) is 2. The number of rotatable bonds is 4. The fraction of sp³-hybridized carbons (Fsp3) is 0.909. The quantitative estimate of drug-likeness (QED) is 0.322. The predicted molar refractivity (Wildman–Crippen MR) is 62.0 cm³/mol. The predicted octanol–water partition coefficient (Wildman–Crippen LogP) is 1.49. The smallest absolute Gasteiger partial charge is 0.143 e. The number of nitrogens with zero attached hydrogens (tertiary/aromatic N) is 2. The minimum atomic E-state index is 0.144. The lowest BCUT2D eigenvalue weighted by Gasteiger charge is -2.33. The van der Waals surface area contributed by atoms with E-state index < -0.39 is 0 Å². The van der Waals surface area contributed by atoms with Crippen LogP contribution in [0.3, 0.4) is 0 Å². The second kappa shape index (κ2) is 5.95. The van der Waals surface area contributed by atoms with E-state index in [4.69, 9.17) is 10.9 Å². The van der Waals surface area contributed by atoms with Crippen molar-refractivity contribution in [1.29, 1.82) is 0 Å². The molecule has 0 aliphatic carbocycles. The molecular weight excluding hydrogens is 190 g/mol. The maximum Gasteiger partial charge on any atom is 0.143 e. The minimum Gasteiger partial charge on any atom is -0.409 e. The third kappa shape index (κ3) is 3.70. The summed E-state index contributed by atoms with van der Waals surface area (Å²) in [5.74, 6) is 1.32. The molecule has 0 aromatic heterocycles. The molecule has 1 aliphatic heterocycles. The lowest BCUT2D eigenvalue weighted by atomic mass is 9.95. The van der Waals surface area contributed by atoms with Gasteiger partial charge in [0.15, 0.2) is 0 Å². The van der Waals surface area contributed by atoms with E-state index in [0.717, 1.165) is 19.0 Å². The Kier molecular flexibility index (Phi) is 4.88. The number of piperidine rings is 1. The molecule has 1 saturated heterocycles. The van der Waals surface area contributed by atoms with Gasteiger partial charge in [-0.2, -0.15) is 0 Å². The van der Waals surface area contributed by atoms with Crippen LogP contribution in [0.2, 0.25) is 0 Å². The van der Waals surface area contributed by atoms with E-state index in [1.807, 2.05) is 6.92 Å². The maximum absolute atomic E-state index is 8.58. The van der Waals surface area contributed by atoms with Crippen molar-refractivity contribution in [1.82, 2.24) is 4.90 Å². The largest absolute Gasteiger partial charge is 0.409 e. The first-order valence-corrected chi connectivity index (χ1v) is 5.87. The zero-order valence-corrected chi connectivity index (χ0v) is 9.82. The Balaban J connectivity index is 2.37. The first-order chi connectivity index (χ1) is 7.17. The Morgan fingerprint density at radius 1 is 1.67 bits per heavy atom. The van der Waals surface area contributed by atoms with Gasteiger partial charge in [0.1, 0.15) is 5.84 Å². The van der Waals surface area contributed by atoms with Crippen LogP contribution in [-0.2, 0) is 0 Å². The first-order valence-electron chi connectivity index (χ1n) is 5.87. The molecule has 88 valence electrons. The van der Waals surface area contributed by atoms with Crippen molar-refractivity contribution in [2.75, 3.05) is 19.6 Å². The molecule has 2 unspecified atom stereocenters. The van der Waals surface area contributed by atoms with Gasteiger partial charge in [-0.05, 0) is 25.3 Å². The van der Waals surface area contributed by atoms with Crippen LogP contribution in [0.1, 0.15) is 33.1 Å². The van der Waals surface area contributed by atoms with Crippen molar-refractivity contribution >= 4 is 5.84 Å². The van der Waals surface area contributed by atoms with Crippen molar-refractivity contribution in [2.45, 2.75) is 33.1 Å². The molecule has 1 aliphatic rings. The number of hydrogen-bond acceptors (Lipinski definition) is 3. The van der Waals surface area contributed by atoms with Gasteiger partial charge in [0.05, 0.1) is 0 Å². The fourth-order valence-corrected chi connectivity index (χ4v) is 2.23. The van der Waals surface area contributed by atoms with E-state index >= 15 is 0 Å². The number of oxime groups is 1. The van der Waals surface area contributed by atoms with Crippen molar-refractivity contribution in [2.24, 2.45) is 22.7 Å². The Morgan fingerprint density at radius 2 is 2.40 bits per heavy atom. The van der Waals surface area contributed by atoms with Crippen LogP contribution >= 0.6 is 0 Å². The molecule has 0 bridgehead atoms. The first kappa shape index (κ1) is 12.3. The number of amidine groups is 1. The monoisotopic (exact) mass is 213 g/mol. The molecule has 1 heterocycles. The van der Waals surface area contributed by atoms with Crippen LogP contribution in [0.5, 0.6) is 0 Å². The van der Waals surface area contributed by atoms with E-state index in [1.54, 1.807) is 0 Å². The van der Waals surface area contributed by atoms with Crippen LogP contribution in [0, 0.1) is 11.8 Å². The summed E-state index contributed by atoms with van der Waals surface area (Å²) in [6.07, 6.45) is 3.89. The Hall–Kier alpha value is -0.770. The van der Waals surface area contributed by atoms with E-state index in [-0.39, 0.29) is 5.92 Å². The van der Waals surface area contributed by atoms with Crippen molar-refractivity contribution in [3.05, 3.63) is 0 Å². The Bertz CT molecular complexity index is 218. The minimum absolute atomic E-state index is 0.144. The molecule has 0 aromatic carbocycles. The maximum atomic E-state index is 8.58. The summed E-state index contributed by atoms with van der Waals surface area (Å²) in [6.45, 7) is 7.48. The van der Waals surface area contributed by atoms with Crippen LogP contribution in [0.4, 0.5) is 0 Å². The molecule has 0 radical (unpaired) electrons. The summed E-state index contributed by atoms with van der Waals surface area (Å²) in [5.41, 5.74) is 5.57. The summed E-state index contributed by atoms with van der Waals surface area (Å²) in [4.78, 5) is 2.43. The van der Waals surface area contributed by atoms with Crippen LogP contribution in [0.15, 0.2) is 5.16 Å². The molecule has 3 N–H and O–H groups in total. The SMILES string of the molecule is CCC1CCCN(CC(C)/C(N)=N/O)C1. The van der Waals surface area contributed by atoms with Gasteiger partial charge in [-0.25, -0.2) is 0 Å². The van der Waals surface area contributed by atoms with E-state index in [2.05, 4.69) is 17.0 Å². The fourth-order valence-electron chi connectivity index (χ4n) is 2.23. The summed E-state index contributed by atoms with van der Waals surface area (Å²) in [6, 6.07) is 0. The summed E-state index contributed by atoms with van der Waals surface area (Å²) in [5, 5.41) is 11.6. The molecule has 0 aromatic rings. The standard InChI is InChI=1S/C11H23N3O/c1-3-10-5-4-6-14(8-10)7-9(2)11(12)13-15/h9-10,15H,3-8H2,1-2H3,(H2,12,13). The van der Waals surface area contributed by atoms with Gasteiger partial charge >= 0.3 is 0 Å². The molecule has 0 saturated carbocycles. The van der Waals surface area contributed by atoms with E-state index in [9.17, 15) is 0 Å². The summed E-state index contributed by atoms with van der Waals surface area (Å²) < 4.78 is 0. The zero-order valence-electron chi connectivity index (χ0n) is 9.82. The molecule has 4 heteroatoms. The Morgan fingerprint density at radius 3 is 3.00 bits per heavy atom. The highest BCUT2D eigenvalue weighted by Crippen LogP contribution is 2.19. The van der Waals surface area contributed by atoms with Crippen molar-refractivity contribution in [3.8, 4) is 0 Å². The second-order valence-corrected chi connectivity index (χ2v) is 4.60. The second-order valence-electron chi connectivity index (χ2n) is 4.60. The van der Waals surface area contributed by atoms with Crippen LogP contribution in [0.25, 0.3) is 0 Å². The van der Waals surface area contributed by atoms with Gasteiger partial charge in [-0.3, -0.25) is 0 Å². The summed E-state index contributed by atoms with van der Waals surface area (Å²) >= 11 is 0. The van der Waals surface area contributed by atoms with Crippen molar-refractivity contribution < 1.29 is 5.21 Å². The number of nitrogens with two attached hydrogens (primary N) is 1. The van der Waals surface area contributed by atoms with E-state index in [0.29, 0.717) is 5.84 Å². The summed E-state index contributed by atoms with van der Waals surface area (Å²) in [7, 11) is 0. The molecule has 4 nitrogen and oxygen atoms in total. The third-order valence-corrected chi connectivity index (χ3v) is 3.33. The molecule has 2 atom stereocenters. The molecule has 1 rings (SSSR count). The van der Waals surface area contributed by atoms with Gasteiger partial charge in [-0.1, -0.05) is 25.4 Å². The van der Waals surface area contributed by atoms with Crippen LogP contribution in [-0.4, -0.2) is 35.6 Å². The highest BCUT2D eigenvalue weighted by atomic mass is 16.4. The van der Waals surface area contributed by atoms with Crippen molar-refractivity contribution in [3.63, 3.8) is 0 Å². The lowest BCUT2D eigenvalue weighted by Crippen LogP contribution is -2.40. The Labute approximate surface area is 92.1 Å². The van der Waals surface area contributed by atoms with Gasteiger partial charge in [0, 0.05) is 19.0 Å². The zero-order chi connectivity index (χ0) is 11.3.